The lowest BCUT2D eigenvalue weighted by Crippen LogP contribution is -2.22. The summed E-state index contributed by atoms with van der Waals surface area (Å²) in [6, 6.07) is 16.1. The van der Waals surface area contributed by atoms with Gasteiger partial charge in [-0.3, -0.25) is 9.97 Å². The number of fused-ring (bicyclic) bond motifs is 1. The Balaban J connectivity index is 1.55. The molecule has 0 bridgehead atoms. The Morgan fingerprint density at radius 2 is 1.79 bits per heavy atom. The fourth-order valence-electron chi connectivity index (χ4n) is 3.12. The summed E-state index contributed by atoms with van der Waals surface area (Å²) in [7, 11) is 2.05. The monoisotopic (exact) mass is 370 g/mol. The third kappa shape index (κ3) is 4.06. The van der Waals surface area contributed by atoms with Crippen LogP contribution in [0, 0.1) is 6.92 Å². The van der Waals surface area contributed by atoms with Crippen LogP contribution in [0.1, 0.15) is 11.4 Å². The van der Waals surface area contributed by atoms with E-state index in [0.29, 0.717) is 0 Å². The molecule has 0 aliphatic rings. The molecule has 4 rings (SSSR count). The van der Waals surface area contributed by atoms with Crippen LogP contribution >= 0.6 is 0 Å². The molecule has 28 heavy (non-hydrogen) atoms. The van der Waals surface area contributed by atoms with Crippen molar-refractivity contribution < 1.29 is 0 Å². The molecule has 4 aromatic rings. The molecule has 0 spiro atoms. The first-order chi connectivity index (χ1) is 13.7. The van der Waals surface area contributed by atoms with E-state index in [-0.39, 0.29) is 0 Å². The average Bonchev–Trinajstić information content (AvgIpc) is 2.72. The summed E-state index contributed by atoms with van der Waals surface area (Å²) < 4.78 is 0. The maximum Gasteiger partial charge on any atom is 0.136 e. The van der Waals surface area contributed by atoms with E-state index in [1.807, 2.05) is 62.8 Å². The van der Waals surface area contributed by atoms with E-state index in [2.05, 4.69) is 42.3 Å². The molecule has 0 radical (unpaired) electrons. The summed E-state index contributed by atoms with van der Waals surface area (Å²) in [6.07, 6.45) is 6.38. The summed E-state index contributed by atoms with van der Waals surface area (Å²) in [5.41, 5.74) is 3.11. The first-order valence-corrected chi connectivity index (χ1v) is 9.25. The number of rotatable bonds is 6. The summed E-state index contributed by atoms with van der Waals surface area (Å²) >= 11 is 0. The Morgan fingerprint density at radius 1 is 0.964 bits per heavy atom. The molecule has 0 aliphatic heterocycles. The highest BCUT2D eigenvalue weighted by Crippen LogP contribution is 2.25. The molecule has 3 aromatic heterocycles. The molecule has 0 amide bonds. The van der Waals surface area contributed by atoms with Crippen LogP contribution in [0.3, 0.4) is 0 Å². The number of likely N-dealkylation sites (N-methyl/N-ethyl adjacent to an activating group) is 1. The first kappa shape index (κ1) is 17.9. The molecule has 1 N–H and O–H groups in total. The van der Waals surface area contributed by atoms with Crippen molar-refractivity contribution >= 4 is 28.2 Å². The summed E-state index contributed by atoms with van der Waals surface area (Å²) in [5.74, 6) is 2.37. The molecule has 140 valence electrons. The molecule has 0 atom stereocenters. The van der Waals surface area contributed by atoms with Crippen molar-refractivity contribution in [2.24, 2.45) is 0 Å². The quantitative estimate of drug-likeness (QED) is 0.550. The fraction of sp³-hybridized carbons (Fsp3) is 0.182. The number of aryl methyl sites for hydroxylation is 1. The fourth-order valence-corrected chi connectivity index (χ4v) is 3.12. The van der Waals surface area contributed by atoms with Gasteiger partial charge in [0.15, 0.2) is 0 Å². The van der Waals surface area contributed by atoms with Crippen LogP contribution in [0.4, 0.5) is 17.3 Å². The molecule has 0 saturated carbocycles. The Hall–Kier alpha value is -3.54. The molecule has 6 heteroatoms. The molecular weight excluding hydrogens is 348 g/mol. The van der Waals surface area contributed by atoms with E-state index < -0.39 is 0 Å². The molecule has 1 aromatic carbocycles. The van der Waals surface area contributed by atoms with Gasteiger partial charge in [-0.1, -0.05) is 18.2 Å². The number of benzene rings is 1. The lowest BCUT2D eigenvalue weighted by Gasteiger charge is -2.19. The maximum absolute atomic E-state index is 4.60. The van der Waals surface area contributed by atoms with Crippen LogP contribution in [0.15, 0.2) is 67.1 Å². The summed E-state index contributed by atoms with van der Waals surface area (Å²) in [6.45, 7) is 2.77. The van der Waals surface area contributed by atoms with Crippen molar-refractivity contribution in [3.8, 4) is 0 Å². The highest BCUT2D eigenvalue weighted by Gasteiger charge is 2.09. The van der Waals surface area contributed by atoms with Crippen molar-refractivity contribution in [3.63, 3.8) is 0 Å². The van der Waals surface area contributed by atoms with Crippen LogP contribution < -0.4 is 10.2 Å². The number of nitrogens with one attached hydrogen (secondary N) is 1. The van der Waals surface area contributed by atoms with Crippen molar-refractivity contribution in [3.05, 3.63) is 78.5 Å². The minimum Gasteiger partial charge on any atom is -0.359 e. The molecular formula is C22H22N6. The number of nitrogens with zero attached hydrogens (tertiary/aromatic N) is 5. The van der Waals surface area contributed by atoms with Gasteiger partial charge < -0.3 is 10.2 Å². The van der Waals surface area contributed by atoms with Gasteiger partial charge in [-0.05, 0) is 43.2 Å². The van der Waals surface area contributed by atoms with E-state index in [1.54, 1.807) is 6.20 Å². The van der Waals surface area contributed by atoms with Crippen molar-refractivity contribution in [1.29, 1.82) is 0 Å². The number of para-hydroxylation sites is 1. The van der Waals surface area contributed by atoms with Gasteiger partial charge in [-0.2, -0.15) is 0 Å². The van der Waals surface area contributed by atoms with E-state index in [0.717, 1.165) is 47.0 Å². The van der Waals surface area contributed by atoms with Gasteiger partial charge in [-0.15, -0.1) is 0 Å². The summed E-state index contributed by atoms with van der Waals surface area (Å²) in [5, 5.41) is 4.50. The predicted octanol–water partition coefficient (Wildman–Crippen LogP) is 4.15. The standard InChI is InChI=1S/C22H22N6/c1-16-25-20(27-19-7-3-5-18-6-4-11-24-22(18)19)15-21(26-16)28(2)14-10-17-8-12-23-13-9-17/h3-9,11-13,15H,10,14H2,1-2H3,(H,25,26,27). The Kier molecular flexibility index (Phi) is 5.10. The van der Waals surface area contributed by atoms with E-state index in [1.165, 1.54) is 5.56 Å². The normalized spacial score (nSPS) is 10.8. The van der Waals surface area contributed by atoms with Crippen molar-refractivity contribution in [2.75, 3.05) is 23.8 Å². The third-order valence-corrected chi connectivity index (χ3v) is 4.60. The minimum atomic E-state index is 0.726. The second-order valence-corrected chi connectivity index (χ2v) is 6.69. The van der Waals surface area contributed by atoms with Gasteiger partial charge in [0.25, 0.3) is 0 Å². The maximum atomic E-state index is 4.60. The van der Waals surface area contributed by atoms with Gasteiger partial charge in [0.2, 0.25) is 0 Å². The van der Waals surface area contributed by atoms with Crippen molar-refractivity contribution in [2.45, 2.75) is 13.3 Å². The molecule has 3 heterocycles. The Morgan fingerprint density at radius 3 is 2.64 bits per heavy atom. The molecule has 6 nitrogen and oxygen atoms in total. The largest absolute Gasteiger partial charge is 0.359 e. The number of aromatic nitrogens is 4. The Labute approximate surface area is 164 Å². The SMILES string of the molecule is Cc1nc(Nc2cccc3cccnc23)cc(N(C)CCc2ccncc2)n1. The average molecular weight is 370 g/mol. The highest BCUT2D eigenvalue weighted by molar-refractivity contribution is 5.91. The second kappa shape index (κ2) is 8.00. The van der Waals surface area contributed by atoms with Crippen LogP contribution in [0.2, 0.25) is 0 Å². The number of hydrogen-bond donors (Lipinski definition) is 1. The van der Waals surface area contributed by atoms with Gasteiger partial charge in [0.05, 0.1) is 11.2 Å². The smallest absolute Gasteiger partial charge is 0.136 e. The van der Waals surface area contributed by atoms with E-state index >= 15 is 0 Å². The zero-order chi connectivity index (χ0) is 19.3. The number of pyridine rings is 2. The van der Waals surface area contributed by atoms with Crippen LogP contribution in [-0.2, 0) is 6.42 Å². The Bertz CT molecular complexity index is 1080. The lowest BCUT2D eigenvalue weighted by atomic mass is 10.2. The van der Waals surface area contributed by atoms with Crippen LogP contribution in [-0.4, -0.2) is 33.5 Å². The van der Waals surface area contributed by atoms with Gasteiger partial charge in [0, 0.05) is 43.6 Å². The topological polar surface area (TPSA) is 66.8 Å². The van der Waals surface area contributed by atoms with Crippen molar-refractivity contribution in [1.82, 2.24) is 19.9 Å². The molecule has 0 aliphatic carbocycles. The second-order valence-electron chi connectivity index (χ2n) is 6.69. The zero-order valence-electron chi connectivity index (χ0n) is 16.0. The number of anilines is 3. The molecule has 0 fully saturated rings. The number of hydrogen-bond acceptors (Lipinski definition) is 6. The van der Waals surface area contributed by atoms with Gasteiger partial charge >= 0.3 is 0 Å². The highest BCUT2D eigenvalue weighted by atomic mass is 15.2. The van der Waals surface area contributed by atoms with Crippen LogP contribution in [0.5, 0.6) is 0 Å². The first-order valence-electron chi connectivity index (χ1n) is 9.25. The van der Waals surface area contributed by atoms with E-state index in [9.17, 15) is 0 Å². The zero-order valence-corrected chi connectivity index (χ0v) is 16.0. The molecule has 0 unspecified atom stereocenters. The predicted molar refractivity (Wildman–Crippen MR) is 113 cm³/mol. The third-order valence-electron chi connectivity index (χ3n) is 4.60. The van der Waals surface area contributed by atoms with Gasteiger partial charge in [0.1, 0.15) is 17.5 Å². The van der Waals surface area contributed by atoms with Gasteiger partial charge in [-0.25, -0.2) is 9.97 Å². The lowest BCUT2D eigenvalue weighted by molar-refractivity contribution is 0.848. The summed E-state index contributed by atoms with van der Waals surface area (Å²) in [4.78, 5) is 19.9. The van der Waals surface area contributed by atoms with Crippen LogP contribution in [0.25, 0.3) is 10.9 Å². The van der Waals surface area contributed by atoms with E-state index in [4.69, 9.17) is 0 Å². The molecule has 0 saturated heterocycles. The minimum absolute atomic E-state index is 0.726.